The Morgan fingerprint density at radius 2 is 1.88 bits per heavy atom. The van der Waals surface area contributed by atoms with Crippen LogP contribution < -0.4 is 5.32 Å². The SMILES string of the molecule is Cc1nn(C(=O)CCC(=O)Nc2ccccc2Cl)c(C)c1CCC(C)C. The molecule has 0 aliphatic carbocycles. The van der Waals surface area contributed by atoms with Crippen LogP contribution in [0, 0.1) is 19.8 Å². The minimum atomic E-state index is -0.243. The van der Waals surface area contributed by atoms with Crippen LogP contribution in [0.15, 0.2) is 24.3 Å². The average molecular weight is 376 g/mol. The van der Waals surface area contributed by atoms with Crippen molar-refractivity contribution in [3.05, 3.63) is 46.2 Å². The average Bonchev–Trinajstić information content (AvgIpc) is 2.87. The highest BCUT2D eigenvalue weighted by Gasteiger charge is 2.17. The molecule has 1 heterocycles. The number of para-hydroxylation sites is 1. The number of rotatable bonds is 7. The molecular weight excluding hydrogens is 350 g/mol. The van der Waals surface area contributed by atoms with Crippen molar-refractivity contribution < 1.29 is 9.59 Å². The van der Waals surface area contributed by atoms with Gasteiger partial charge in [-0.25, -0.2) is 4.68 Å². The highest BCUT2D eigenvalue weighted by molar-refractivity contribution is 6.33. The number of aromatic nitrogens is 2. The van der Waals surface area contributed by atoms with Gasteiger partial charge in [-0.15, -0.1) is 0 Å². The highest BCUT2D eigenvalue weighted by atomic mass is 35.5. The van der Waals surface area contributed by atoms with E-state index in [1.165, 1.54) is 4.68 Å². The minimum absolute atomic E-state index is 0.0870. The molecule has 2 rings (SSSR count). The molecule has 0 aliphatic rings. The van der Waals surface area contributed by atoms with Crippen molar-refractivity contribution in [2.75, 3.05) is 5.32 Å². The van der Waals surface area contributed by atoms with Crippen molar-refractivity contribution >= 4 is 29.1 Å². The summed E-state index contributed by atoms with van der Waals surface area (Å²) in [4.78, 5) is 24.6. The Kier molecular flexibility index (Phi) is 6.98. The zero-order valence-corrected chi connectivity index (χ0v) is 16.6. The molecule has 0 atom stereocenters. The van der Waals surface area contributed by atoms with Crippen molar-refractivity contribution in [2.24, 2.45) is 5.92 Å². The van der Waals surface area contributed by atoms with Gasteiger partial charge in [0, 0.05) is 18.5 Å². The van der Waals surface area contributed by atoms with Crippen molar-refractivity contribution in [3.63, 3.8) is 0 Å². The Morgan fingerprint density at radius 1 is 1.19 bits per heavy atom. The smallest absolute Gasteiger partial charge is 0.247 e. The third kappa shape index (κ3) is 5.18. The van der Waals surface area contributed by atoms with Gasteiger partial charge in [0.1, 0.15) is 0 Å². The van der Waals surface area contributed by atoms with Crippen LogP contribution in [0.25, 0.3) is 0 Å². The fourth-order valence-electron chi connectivity index (χ4n) is 2.81. The highest BCUT2D eigenvalue weighted by Crippen LogP contribution is 2.21. The van der Waals surface area contributed by atoms with Crippen LogP contribution >= 0.6 is 11.6 Å². The van der Waals surface area contributed by atoms with E-state index < -0.39 is 0 Å². The zero-order valence-electron chi connectivity index (χ0n) is 15.8. The van der Waals surface area contributed by atoms with E-state index in [-0.39, 0.29) is 24.7 Å². The summed E-state index contributed by atoms with van der Waals surface area (Å²) in [5.41, 5.74) is 3.44. The minimum Gasteiger partial charge on any atom is -0.325 e. The van der Waals surface area contributed by atoms with Crippen LogP contribution in [0.1, 0.15) is 54.9 Å². The number of halogens is 1. The van der Waals surface area contributed by atoms with E-state index in [2.05, 4.69) is 24.3 Å². The van der Waals surface area contributed by atoms with Crippen LogP contribution in [-0.4, -0.2) is 21.6 Å². The molecule has 140 valence electrons. The second-order valence-electron chi connectivity index (χ2n) is 6.92. The molecule has 6 heteroatoms. The maximum atomic E-state index is 12.5. The Morgan fingerprint density at radius 3 is 2.54 bits per heavy atom. The van der Waals surface area contributed by atoms with E-state index in [1.54, 1.807) is 24.3 Å². The Labute approximate surface area is 159 Å². The number of amides is 1. The van der Waals surface area contributed by atoms with Gasteiger partial charge >= 0.3 is 0 Å². The van der Waals surface area contributed by atoms with Crippen molar-refractivity contribution in [2.45, 2.75) is 53.4 Å². The van der Waals surface area contributed by atoms with Crippen molar-refractivity contribution in [3.8, 4) is 0 Å². The van der Waals surface area contributed by atoms with Crippen molar-refractivity contribution in [1.82, 2.24) is 9.78 Å². The number of carbonyl (C=O) groups excluding carboxylic acids is 2. The van der Waals surface area contributed by atoms with Gasteiger partial charge in [0.25, 0.3) is 0 Å². The second-order valence-corrected chi connectivity index (χ2v) is 7.32. The van der Waals surface area contributed by atoms with Crippen LogP contribution in [-0.2, 0) is 11.2 Å². The molecule has 0 unspecified atom stereocenters. The number of carbonyl (C=O) groups is 2. The first-order chi connectivity index (χ1) is 12.3. The lowest BCUT2D eigenvalue weighted by Gasteiger charge is -2.08. The molecule has 0 radical (unpaired) electrons. The normalized spacial score (nSPS) is 11.0. The lowest BCUT2D eigenvalue weighted by atomic mass is 10.0. The number of aryl methyl sites for hydroxylation is 1. The van der Waals surface area contributed by atoms with Gasteiger partial charge in [-0.1, -0.05) is 37.6 Å². The number of anilines is 1. The first-order valence-electron chi connectivity index (χ1n) is 8.92. The third-order valence-corrected chi connectivity index (χ3v) is 4.69. The van der Waals surface area contributed by atoms with E-state index in [9.17, 15) is 9.59 Å². The predicted molar refractivity (Wildman–Crippen MR) is 105 cm³/mol. The number of hydrogen-bond acceptors (Lipinski definition) is 3. The first-order valence-corrected chi connectivity index (χ1v) is 9.30. The molecule has 0 saturated heterocycles. The molecule has 0 fully saturated rings. The molecule has 0 saturated carbocycles. The fraction of sp³-hybridized carbons (Fsp3) is 0.450. The van der Waals surface area contributed by atoms with Crippen LogP contribution in [0.4, 0.5) is 5.69 Å². The summed E-state index contributed by atoms with van der Waals surface area (Å²) in [5, 5.41) is 7.58. The van der Waals surface area contributed by atoms with Crippen LogP contribution in [0.2, 0.25) is 5.02 Å². The lowest BCUT2D eigenvalue weighted by Crippen LogP contribution is -2.18. The van der Waals surface area contributed by atoms with Crippen LogP contribution in [0.3, 0.4) is 0 Å². The molecule has 1 aromatic carbocycles. The quantitative estimate of drug-likeness (QED) is 0.755. The molecule has 0 aliphatic heterocycles. The van der Waals surface area contributed by atoms with E-state index in [0.717, 1.165) is 29.8 Å². The molecule has 1 N–H and O–H groups in total. The molecule has 1 amide bonds. The summed E-state index contributed by atoms with van der Waals surface area (Å²) in [7, 11) is 0. The topological polar surface area (TPSA) is 64.0 Å². The summed E-state index contributed by atoms with van der Waals surface area (Å²) in [6.45, 7) is 8.20. The maximum absolute atomic E-state index is 12.5. The maximum Gasteiger partial charge on any atom is 0.247 e. The summed E-state index contributed by atoms with van der Waals surface area (Å²) in [5.74, 6) is 0.185. The molecule has 5 nitrogen and oxygen atoms in total. The summed E-state index contributed by atoms with van der Waals surface area (Å²) in [6.07, 6.45) is 2.16. The zero-order chi connectivity index (χ0) is 19.3. The van der Waals surface area contributed by atoms with Crippen LogP contribution in [0.5, 0.6) is 0 Å². The van der Waals surface area contributed by atoms with Gasteiger partial charge in [-0.05, 0) is 50.3 Å². The van der Waals surface area contributed by atoms with Gasteiger partial charge in [0.2, 0.25) is 11.8 Å². The first kappa shape index (κ1) is 20.2. The second kappa shape index (κ2) is 8.99. The van der Waals surface area contributed by atoms with Gasteiger partial charge in [-0.2, -0.15) is 5.10 Å². The molecular formula is C20H26ClN3O2. The van der Waals surface area contributed by atoms with Gasteiger partial charge in [-0.3, -0.25) is 9.59 Å². The molecule has 2 aromatic rings. The molecule has 1 aromatic heterocycles. The summed E-state index contributed by atoms with van der Waals surface area (Å²) >= 11 is 6.02. The van der Waals surface area contributed by atoms with Gasteiger partial charge in [0.15, 0.2) is 0 Å². The van der Waals surface area contributed by atoms with Gasteiger partial charge in [0.05, 0.1) is 16.4 Å². The molecule has 0 bridgehead atoms. The van der Waals surface area contributed by atoms with E-state index >= 15 is 0 Å². The molecule has 0 spiro atoms. The standard InChI is InChI=1S/C20H26ClN3O2/c1-13(2)9-10-16-14(3)23-24(15(16)4)20(26)12-11-19(25)22-18-8-6-5-7-17(18)21/h5-8,13H,9-12H2,1-4H3,(H,22,25). The Hall–Kier alpha value is -2.14. The van der Waals surface area contributed by atoms with E-state index in [4.69, 9.17) is 11.6 Å². The third-order valence-electron chi connectivity index (χ3n) is 4.36. The molecule has 26 heavy (non-hydrogen) atoms. The number of hydrogen-bond donors (Lipinski definition) is 1. The number of benzene rings is 1. The summed E-state index contributed by atoms with van der Waals surface area (Å²) in [6, 6.07) is 7.02. The van der Waals surface area contributed by atoms with Crippen molar-refractivity contribution in [1.29, 1.82) is 0 Å². The predicted octanol–water partition coefficient (Wildman–Crippen LogP) is 4.80. The largest absolute Gasteiger partial charge is 0.325 e. The summed E-state index contributed by atoms with van der Waals surface area (Å²) < 4.78 is 1.44. The number of nitrogens with one attached hydrogen (secondary N) is 1. The fourth-order valence-corrected chi connectivity index (χ4v) is 3.00. The Balaban J connectivity index is 1.96. The monoisotopic (exact) mass is 375 g/mol. The van der Waals surface area contributed by atoms with Gasteiger partial charge < -0.3 is 5.32 Å². The Bertz CT molecular complexity index is 796. The van der Waals surface area contributed by atoms with E-state index in [1.807, 2.05) is 13.8 Å². The number of nitrogens with zero attached hydrogens (tertiary/aromatic N) is 2. The van der Waals surface area contributed by atoms with E-state index in [0.29, 0.717) is 16.6 Å². The lowest BCUT2D eigenvalue weighted by molar-refractivity contribution is -0.116.